The Morgan fingerprint density at radius 3 is 1.94 bits per heavy atom. The number of hydrogen-bond acceptors (Lipinski definition) is 2. The molecule has 94 valence electrons. The summed E-state index contributed by atoms with van der Waals surface area (Å²) in [6.45, 7) is 3.64. The second-order valence-corrected chi connectivity index (χ2v) is 6.56. The molecule has 0 aromatic carbocycles. The number of nitrogens with one attached hydrogen (secondary N) is 1. The first-order valence-corrected chi connectivity index (χ1v) is 6.89. The molecule has 4 fully saturated rings. The molecule has 3 heteroatoms. The molecular weight excluding hydrogens is 212 g/mol. The zero-order chi connectivity index (χ0) is 12.0. The van der Waals surface area contributed by atoms with Crippen molar-refractivity contribution in [2.75, 3.05) is 0 Å². The van der Waals surface area contributed by atoms with Crippen LogP contribution in [0.2, 0.25) is 0 Å². The molecule has 0 saturated heterocycles. The molecule has 4 saturated carbocycles. The van der Waals surface area contributed by atoms with Crippen molar-refractivity contribution in [3.63, 3.8) is 0 Å². The van der Waals surface area contributed by atoms with Crippen LogP contribution in [0.15, 0.2) is 5.10 Å². The fourth-order valence-corrected chi connectivity index (χ4v) is 4.83. The molecule has 4 bridgehead atoms. The van der Waals surface area contributed by atoms with Gasteiger partial charge in [0.1, 0.15) is 0 Å². The Hall–Kier alpha value is -0.860. The third kappa shape index (κ3) is 1.90. The molecular formula is C14H22N2O. The predicted octanol–water partition coefficient (Wildman–Crippen LogP) is 2.71. The van der Waals surface area contributed by atoms with Gasteiger partial charge in [0.15, 0.2) is 0 Å². The van der Waals surface area contributed by atoms with E-state index in [-0.39, 0.29) is 5.91 Å². The third-order valence-electron chi connectivity index (χ3n) is 5.19. The minimum absolute atomic E-state index is 0.0610. The van der Waals surface area contributed by atoms with Gasteiger partial charge in [0.05, 0.1) is 0 Å². The number of rotatable bonds is 2. The van der Waals surface area contributed by atoms with Gasteiger partial charge in [-0.2, -0.15) is 5.10 Å². The monoisotopic (exact) mass is 234 g/mol. The maximum Gasteiger partial charge on any atom is 0.236 e. The predicted molar refractivity (Wildman–Crippen MR) is 67.5 cm³/mol. The molecule has 1 amide bonds. The van der Waals surface area contributed by atoms with Crippen LogP contribution < -0.4 is 5.43 Å². The average Bonchev–Trinajstić information content (AvgIpc) is 2.23. The minimum Gasteiger partial charge on any atom is -0.274 e. The Kier molecular flexibility index (Phi) is 2.53. The fraction of sp³-hybridized carbons (Fsp3) is 0.857. The van der Waals surface area contributed by atoms with Gasteiger partial charge in [-0.05, 0) is 63.2 Å². The van der Waals surface area contributed by atoms with E-state index in [0.717, 1.165) is 17.8 Å². The maximum absolute atomic E-state index is 11.0. The number of carbonyl (C=O) groups excluding carboxylic acids is 1. The van der Waals surface area contributed by atoms with Gasteiger partial charge >= 0.3 is 0 Å². The van der Waals surface area contributed by atoms with E-state index in [1.807, 2.05) is 0 Å². The normalized spacial score (nSPS) is 43.9. The van der Waals surface area contributed by atoms with Crippen molar-refractivity contribution in [1.82, 2.24) is 5.43 Å². The lowest BCUT2D eigenvalue weighted by atomic mass is 9.48. The molecule has 0 unspecified atom stereocenters. The number of nitrogens with zero attached hydrogens (tertiary/aromatic N) is 1. The lowest BCUT2D eigenvalue weighted by Crippen LogP contribution is -2.49. The molecule has 0 atom stereocenters. The summed E-state index contributed by atoms with van der Waals surface area (Å²) < 4.78 is 0. The van der Waals surface area contributed by atoms with E-state index in [4.69, 9.17) is 0 Å². The van der Waals surface area contributed by atoms with Crippen molar-refractivity contribution in [1.29, 1.82) is 0 Å². The summed E-state index contributed by atoms with van der Waals surface area (Å²) in [4.78, 5) is 11.0. The molecule has 1 N–H and O–H groups in total. The van der Waals surface area contributed by atoms with Crippen LogP contribution in [0, 0.1) is 23.2 Å². The highest BCUT2D eigenvalue weighted by Gasteiger charge is 2.52. The number of hydrazone groups is 1. The SMILES string of the molecule is CC(=O)N/N=C(\C)C12CC3CC(CC(C3)C1)C2. The van der Waals surface area contributed by atoms with Gasteiger partial charge in [-0.25, -0.2) is 5.43 Å². The highest BCUT2D eigenvalue weighted by Crippen LogP contribution is 2.60. The van der Waals surface area contributed by atoms with Crippen molar-refractivity contribution in [2.24, 2.45) is 28.3 Å². The molecule has 0 heterocycles. The Balaban J connectivity index is 1.81. The molecule has 0 aliphatic heterocycles. The molecule has 0 aromatic heterocycles. The summed E-state index contributed by atoms with van der Waals surface area (Å²) in [5.41, 5.74) is 4.12. The van der Waals surface area contributed by atoms with Gasteiger partial charge in [0.2, 0.25) is 5.91 Å². The molecule has 0 radical (unpaired) electrons. The fourth-order valence-electron chi connectivity index (χ4n) is 4.83. The van der Waals surface area contributed by atoms with E-state index in [2.05, 4.69) is 17.5 Å². The van der Waals surface area contributed by atoms with E-state index < -0.39 is 0 Å². The van der Waals surface area contributed by atoms with Crippen LogP contribution in [-0.2, 0) is 4.79 Å². The number of carbonyl (C=O) groups is 1. The Morgan fingerprint density at radius 2 is 1.53 bits per heavy atom. The van der Waals surface area contributed by atoms with E-state index >= 15 is 0 Å². The van der Waals surface area contributed by atoms with Crippen molar-refractivity contribution in [3.8, 4) is 0 Å². The van der Waals surface area contributed by atoms with Gasteiger partial charge in [-0.3, -0.25) is 4.79 Å². The smallest absolute Gasteiger partial charge is 0.236 e. The van der Waals surface area contributed by atoms with Crippen LogP contribution >= 0.6 is 0 Å². The summed E-state index contributed by atoms with van der Waals surface area (Å²) in [6.07, 6.45) is 8.29. The lowest BCUT2D eigenvalue weighted by Gasteiger charge is -2.56. The minimum atomic E-state index is -0.0610. The Labute approximate surface area is 103 Å². The van der Waals surface area contributed by atoms with Crippen LogP contribution in [0.25, 0.3) is 0 Å². The van der Waals surface area contributed by atoms with Crippen LogP contribution in [0.4, 0.5) is 0 Å². The Bertz CT molecular complexity index is 337. The van der Waals surface area contributed by atoms with Crippen molar-refractivity contribution in [3.05, 3.63) is 0 Å². The third-order valence-corrected chi connectivity index (χ3v) is 5.19. The van der Waals surface area contributed by atoms with E-state index in [0.29, 0.717) is 5.41 Å². The molecule has 17 heavy (non-hydrogen) atoms. The second-order valence-electron chi connectivity index (χ2n) is 6.56. The maximum atomic E-state index is 11.0. The van der Waals surface area contributed by atoms with Crippen LogP contribution in [-0.4, -0.2) is 11.6 Å². The molecule has 0 aromatic rings. The Morgan fingerprint density at radius 1 is 1.06 bits per heavy atom. The van der Waals surface area contributed by atoms with Crippen molar-refractivity contribution >= 4 is 11.6 Å². The molecule has 0 spiro atoms. The summed E-state index contributed by atoms with van der Waals surface area (Å²) in [5.74, 6) is 2.74. The van der Waals surface area contributed by atoms with Gasteiger partial charge in [0, 0.05) is 18.1 Å². The first-order chi connectivity index (χ1) is 8.07. The van der Waals surface area contributed by atoms with Crippen LogP contribution in [0.3, 0.4) is 0 Å². The topological polar surface area (TPSA) is 41.5 Å². The van der Waals surface area contributed by atoms with E-state index in [1.54, 1.807) is 0 Å². The zero-order valence-electron chi connectivity index (χ0n) is 10.8. The average molecular weight is 234 g/mol. The highest BCUT2D eigenvalue weighted by atomic mass is 16.2. The van der Waals surface area contributed by atoms with Gasteiger partial charge < -0.3 is 0 Å². The summed E-state index contributed by atoms with van der Waals surface area (Å²) in [7, 11) is 0. The highest BCUT2D eigenvalue weighted by molar-refractivity contribution is 5.89. The summed E-state index contributed by atoms with van der Waals surface area (Å²) in [5, 5.41) is 4.33. The van der Waals surface area contributed by atoms with Crippen LogP contribution in [0.1, 0.15) is 52.4 Å². The standard InChI is InChI=1S/C14H22N2O/c1-9(15-16-10(2)17)14-6-11-3-12(7-14)5-13(4-11)8-14/h11-13H,3-8H2,1-2H3,(H,16,17)/b15-9+. The van der Waals surface area contributed by atoms with Gasteiger partial charge in [0.25, 0.3) is 0 Å². The van der Waals surface area contributed by atoms with E-state index in [1.165, 1.54) is 51.2 Å². The first kappa shape index (κ1) is 11.2. The number of amides is 1. The van der Waals surface area contributed by atoms with Gasteiger partial charge in [-0.15, -0.1) is 0 Å². The summed E-state index contributed by atoms with van der Waals surface area (Å²) in [6, 6.07) is 0. The van der Waals surface area contributed by atoms with Crippen LogP contribution in [0.5, 0.6) is 0 Å². The quantitative estimate of drug-likeness (QED) is 0.579. The van der Waals surface area contributed by atoms with Gasteiger partial charge in [-0.1, -0.05) is 0 Å². The molecule has 3 nitrogen and oxygen atoms in total. The van der Waals surface area contributed by atoms with E-state index in [9.17, 15) is 4.79 Å². The molecule has 4 rings (SSSR count). The number of hydrogen-bond donors (Lipinski definition) is 1. The largest absolute Gasteiger partial charge is 0.274 e. The van der Waals surface area contributed by atoms with Crippen molar-refractivity contribution in [2.45, 2.75) is 52.4 Å². The lowest BCUT2D eigenvalue weighted by molar-refractivity contribution is -0.118. The molecule has 4 aliphatic carbocycles. The van der Waals surface area contributed by atoms with Crippen molar-refractivity contribution < 1.29 is 4.79 Å². The second kappa shape index (κ2) is 3.82. The molecule has 4 aliphatic rings. The summed E-state index contributed by atoms with van der Waals surface area (Å²) >= 11 is 0. The first-order valence-electron chi connectivity index (χ1n) is 6.89. The zero-order valence-corrected chi connectivity index (χ0v) is 10.8.